The van der Waals surface area contributed by atoms with E-state index in [1.807, 2.05) is 0 Å². The Hall–Kier alpha value is 0.0500. The molecular weight excluding hydrogens is 328 g/mol. The van der Waals surface area contributed by atoms with E-state index in [0.717, 1.165) is 6.07 Å². The fourth-order valence-corrected chi connectivity index (χ4v) is 2.09. The molecule has 0 fully saturated rings. The number of benzene rings is 1. The molecule has 0 aromatic heterocycles. The molecule has 78 valence electrons. The first-order valence-corrected chi connectivity index (χ1v) is 6.16. The summed E-state index contributed by atoms with van der Waals surface area (Å²) in [4.78, 5) is 0.192. The van der Waals surface area contributed by atoms with E-state index < -0.39 is 22.9 Å². The van der Waals surface area contributed by atoms with Gasteiger partial charge >= 0.3 is 6.18 Å². The normalized spacial score (nSPS) is 14.1. The average Bonchev–Trinajstić information content (AvgIpc) is 2.02. The molecule has 0 N–H and O–H groups in total. The van der Waals surface area contributed by atoms with Crippen LogP contribution in [0.4, 0.5) is 13.2 Å². The second-order valence-corrected chi connectivity index (χ2v) is 5.14. The van der Waals surface area contributed by atoms with Gasteiger partial charge in [0.1, 0.15) is 6.26 Å². The molecule has 0 radical (unpaired) electrons. The highest BCUT2D eigenvalue weighted by Crippen LogP contribution is 2.34. The molecule has 0 amide bonds. The maximum absolute atomic E-state index is 12.4. The fraction of sp³-hybridized carbons (Fsp3) is 0.250. The Morgan fingerprint density at radius 1 is 1.36 bits per heavy atom. The molecule has 1 nitrogen and oxygen atoms in total. The Morgan fingerprint density at radius 2 is 1.93 bits per heavy atom. The molecule has 0 saturated carbocycles. The van der Waals surface area contributed by atoms with Crippen molar-refractivity contribution >= 4 is 33.8 Å². The summed E-state index contributed by atoms with van der Waals surface area (Å²) in [6.07, 6.45) is -3.03. The van der Waals surface area contributed by atoms with Crippen molar-refractivity contribution in [1.29, 1.82) is 0 Å². The summed E-state index contributed by atoms with van der Waals surface area (Å²) in [5.74, 6) is 0. The maximum Gasteiger partial charge on any atom is 0.417 e. The molecule has 0 heterocycles. The smallest absolute Gasteiger partial charge is 0.417 e. The zero-order valence-corrected chi connectivity index (χ0v) is 10.0. The fourth-order valence-electron chi connectivity index (χ4n) is 0.900. The van der Waals surface area contributed by atoms with Gasteiger partial charge in [0.05, 0.1) is 5.56 Å². The van der Waals surface area contributed by atoms with E-state index in [1.165, 1.54) is 18.4 Å². The van der Waals surface area contributed by atoms with Crippen LogP contribution in [0.1, 0.15) is 5.56 Å². The van der Waals surface area contributed by atoms with Crippen LogP contribution in [0.15, 0.2) is 23.1 Å². The molecular formula is C8H6F3IOS. The van der Waals surface area contributed by atoms with Gasteiger partial charge in [-0.1, -0.05) is 0 Å². The molecule has 1 aromatic rings. The van der Waals surface area contributed by atoms with Crippen LogP contribution in [0, 0.1) is 3.57 Å². The van der Waals surface area contributed by atoms with Gasteiger partial charge < -0.3 is 4.55 Å². The molecule has 14 heavy (non-hydrogen) atoms. The Bertz CT molecular complexity index is 338. The average molecular weight is 334 g/mol. The van der Waals surface area contributed by atoms with Crippen LogP contribution >= 0.6 is 22.6 Å². The zero-order chi connectivity index (χ0) is 10.9. The van der Waals surface area contributed by atoms with Crippen LogP contribution in [-0.4, -0.2) is 10.8 Å². The highest BCUT2D eigenvalue weighted by molar-refractivity contribution is 14.1. The Morgan fingerprint density at radius 3 is 2.36 bits per heavy atom. The van der Waals surface area contributed by atoms with Crippen LogP contribution in [-0.2, 0) is 17.4 Å². The van der Waals surface area contributed by atoms with E-state index in [1.54, 1.807) is 22.6 Å². The van der Waals surface area contributed by atoms with E-state index in [9.17, 15) is 17.7 Å². The van der Waals surface area contributed by atoms with Crippen molar-refractivity contribution < 1.29 is 17.7 Å². The van der Waals surface area contributed by atoms with Crippen molar-refractivity contribution in [3.63, 3.8) is 0 Å². The van der Waals surface area contributed by atoms with Gasteiger partial charge in [-0.2, -0.15) is 13.2 Å². The number of hydrogen-bond acceptors (Lipinski definition) is 1. The topological polar surface area (TPSA) is 23.1 Å². The lowest BCUT2D eigenvalue weighted by molar-refractivity contribution is -0.138. The lowest BCUT2D eigenvalue weighted by atomic mass is 10.2. The summed E-state index contributed by atoms with van der Waals surface area (Å²) < 4.78 is 48.3. The number of halogens is 4. The van der Waals surface area contributed by atoms with Crippen LogP contribution in [0.2, 0.25) is 0 Å². The van der Waals surface area contributed by atoms with E-state index >= 15 is 0 Å². The first-order valence-electron chi connectivity index (χ1n) is 3.52. The lowest BCUT2D eigenvalue weighted by Crippen LogP contribution is -2.09. The van der Waals surface area contributed by atoms with Gasteiger partial charge in [0.25, 0.3) is 0 Å². The minimum Gasteiger partial charge on any atom is -0.612 e. The predicted octanol–water partition coefficient (Wildman–Crippen LogP) is 3.05. The van der Waals surface area contributed by atoms with Gasteiger partial charge in [-0.15, -0.1) is 0 Å². The van der Waals surface area contributed by atoms with Gasteiger partial charge in [0, 0.05) is 9.64 Å². The minimum atomic E-state index is -4.38. The third-order valence-electron chi connectivity index (χ3n) is 1.58. The summed E-state index contributed by atoms with van der Waals surface area (Å²) >= 11 is 0.221. The monoisotopic (exact) mass is 334 g/mol. The summed E-state index contributed by atoms with van der Waals surface area (Å²) in [7, 11) is 0. The van der Waals surface area contributed by atoms with Gasteiger partial charge in [-0.05, 0) is 45.9 Å². The van der Waals surface area contributed by atoms with Crippen LogP contribution in [0.25, 0.3) is 0 Å². The van der Waals surface area contributed by atoms with Gasteiger partial charge in [0.2, 0.25) is 0 Å². The number of alkyl halides is 3. The van der Waals surface area contributed by atoms with E-state index in [4.69, 9.17) is 0 Å². The largest absolute Gasteiger partial charge is 0.612 e. The molecule has 1 atom stereocenters. The first kappa shape index (κ1) is 12.1. The Balaban J connectivity index is 3.22. The molecule has 1 unspecified atom stereocenters. The SMILES string of the molecule is C[S+]([O-])c1ccc(I)c(C(F)(F)F)c1. The second kappa shape index (κ2) is 4.28. The van der Waals surface area contributed by atoms with Crippen LogP contribution in [0.5, 0.6) is 0 Å². The van der Waals surface area contributed by atoms with Crippen molar-refractivity contribution in [2.45, 2.75) is 11.1 Å². The molecule has 1 aromatic carbocycles. The highest BCUT2D eigenvalue weighted by Gasteiger charge is 2.33. The van der Waals surface area contributed by atoms with Gasteiger partial charge in [-0.3, -0.25) is 0 Å². The van der Waals surface area contributed by atoms with Crippen molar-refractivity contribution in [2.24, 2.45) is 0 Å². The van der Waals surface area contributed by atoms with Crippen molar-refractivity contribution in [3.05, 3.63) is 27.3 Å². The lowest BCUT2D eigenvalue weighted by Gasteiger charge is -2.11. The molecule has 1 rings (SSSR count). The third-order valence-corrected chi connectivity index (χ3v) is 3.43. The standard InChI is InChI=1S/C8H6F3IOS/c1-14(13)5-2-3-7(12)6(4-5)8(9,10)11/h2-4H,1H3. The summed E-state index contributed by atoms with van der Waals surface area (Å²) in [5, 5.41) is 0. The molecule has 0 aliphatic carbocycles. The molecule has 0 saturated heterocycles. The molecule has 0 aliphatic rings. The molecule has 0 aliphatic heterocycles. The third kappa shape index (κ3) is 2.77. The maximum atomic E-state index is 12.4. The van der Waals surface area contributed by atoms with Crippen molar-refractivity contribution in [3.8, 4) is 0 Å². The molecule has 0 bridgehead atoms. The Labute approximate surface area is 96.0 Å². The molecule has 0 spiro atoms. The minimum absolute atomic E-state index is 0.115. The van der Waals surface area contributed by atoms with E-state index in [-0.39, 0.29) is 8.47 Å². The zero-order valence-electron chi connectivity index (χ0n) is 7.06. The first-order chi connectivity index (χ1) is 6.32. The van der Waals surface area contributed by atoms with Crippen LogP contribution < -0.4 is 0 Å². The predicted molar refractivity (Wildman–Crippen MR) is 56.5 cm³/mol. The summed E-state index contributed by atoms with van der Waals surface area (Å²) in [6, 6.07) is 3.69. The summed E-state index contributed by atoms with van der Waals surface area (Å²) in [6.45, 7) is 0. The Kier molecular flexibility index (Phi) is 3.70. The van der Waals surface area contributed by atoms with Crippen LogP contribution in [0.3, 0.4) is 0 Å². The highest BCUT2D eigenvalue weighted by atomic mass is 127. The number of hydrogen-bond donors (Lipinski definition) is 0. The van der Waals surface area contributed by atoms with Gasteiger partial charge in [-0.25, -0.2) is 0 Å². The summed E-state index contributed by atoms with van der Waals surface area (Å²) in [5.41, 5.74) is -0.731. The van der Waals surface area contributed by atoms with Crippen molar-refractivity contribution in [1.82, 2.24) is 0 Å². The number of rotatable bonds is 1. The quantitative estimate of drug-likeness (QED) is 0.572. The second-order valence-electron chi connectivity index (χ2n) is 2.59. The molecule has 6 heteroatoms. The van der Waals surface area contributed by atoms with Crippen molar-refractivity contribution in [2.75, 3.05) is 6.26 Å². The van der Waals surface area contributed by atoms with E-state index in [2.05, 4.69) is 0 Å². The van der Waals surface area contributed by atoms with E-state index in [0.29, 0.717) is 0 Å². The van der Waals surface area contributed by atoms with Gasteiger partial charge in [0.15, 0.2) is 4.90 Å².